The second-order valence-electron chi connectivity index (χ2n) is 6.28. The van der Waals surface area contributed by atoms with E-state index in [-0.39, 0.29) is 17.4 Å². The smallest absolute Gasteiger partial charge is 0.259 e. The molecule has 0 aliphatic heterocycles. The van der Waals surface area contributed by atoms with E-state index >= 15 is 0 Å². The minimum absolute atomic E-state index is 0.268. The van der Waals surface area contributed by atoms with Gasteiger partial charge in [-0.2, -0.15) is 0 Å². The normalized spacial score (nSPS) is 10.9. The molecule has 0 spiro atoms. The molecule has 2 heterocycles. The number of nitrogens with zero attached hydrogens (tertiary/aromatic N) is 2. The number of aryl methyl sites for hydroxylation is 2. The molecule has 0 atom stereocenters. The number of para-hydroxylation sites is 1. The van der Waals surface area contributed by atoms with E-state index in [4.69, 9.17) is 4.52 Å². The summed E-state index contributed by atoms with van der Waals surface area (Å²) in [6, 6.07) is 15.1. The van der Waals surface area contributed by atoms with Crippen LogP contribution in [-0.2, 0) is 0 Å². The van der Waals surface area contributed by atoms with Gasteiger partial charge in [0.2, 0.25) is 0 Å². The van der Waals surface area contributed by atoms with Crippen LogP contribution in [0.1, 0.15) is 21.6 Å². The molecule has 2 aromatic heterocycles. The van der Waals surface area contributed by atoms with E-state index in [2.05, 4.69) is 15.5 Å². The van der Waals surface area contributed by atoms with E-state index < -0.39 is 0 Å². The Bertz CT molecular complexity index is 1150. The van der Waals surface area contributed by atoms with Gasteiger partial charge in [-0.1, -0.05) is 23.4 Å². The summed E-state index contributed by atoms with van der Waals surface area (Å²) in [4.78, 5) is 17.4. The van der Waals surface area contributed by atoms with Crippen LogP contribution in [0.3, 0.4) is 0 Å². The van der Waals surface area contributed by atoms with Crippen molar-refractivity contribution in [1.82, 2.24) is 10.1 Å². The Kier molecular flexibility index (Phi) is 4.16. The summed E-state index contributed by atoms with van der Waals surface area (Å²) in [5, 5.41) is 7.42. The first kappa shape index (κ1) is 16.9. The van der Waals surface area contributed by atoms with Crippen molar-refractivity contribution in [2.75, 3.05) is 5.32 Å². The minimum Gasteiger partial charge on any atom is -0.335 e. The van der Waals surface area contributed by atoms with E-state index in [1.165, 1.54) is 12.1 Å². The van der Waals surface area contributed by atoms with Crippen LogP contribution in [0, 0.1) is 19.7 Å². The number of pyridine rings is 1. The molecule has 0 fully saturated rings. The highest BCUT2D eigenvalue weighted by Gasteiger charge is 2.20. The van der Waals surface area contributed by atoms with Crippen molar-refractivity contribution >= 4 is 22.7 Å². The summed E-state index contributed by atoms with van der Waals surface area (Å²) in [6.07, 6.45) is 0. The molecule has 0 aliphatic rings. The van der Waals surface area contributed by atoms with Gasteiger partial charge in [0.05, 0.1) is 22.3 Å². The SMILES string of the molecule is Cc1ccccc1NC(=O)c1cc(-c2ccc(F)cc2)nc2onc(C)c12. The van der Waals surface area contributed by atoms with Crippen LogP contribution < -0.4 is 5.32 Å². The van der Waals surface area contributed by atoms with Crippen LogP contribution in [-0.4, -0.2) is 16.0 Å². The zero-order valence-corrected chi connectivity index (χ0v) is 14.8. The van der Waals surface area contributed by atoms with Crippen LogP contribution in [0.4, 0.5) is 10.1 Å². The molecular formula is C21H16FN3O2. The van der Waals surface area contributed by atoms with E-state index in [9.17, 15) is 9.18 Å². The Hall–Kier alpha value is -3.54. The van der Waals surface area contributed by atoms with Gasteiger partial charge in [0, 0.05) is 11.3 Å². The molecule has 0 saturated heterocycles. The number of aromatic nitrogens is 2. The number of carbonyl (C=O) groups is 1. The lowest BCUT2D eigenvalue weighted by molar-refractivity contribution is 0.102. The van der Waals surface area contributed by atoms with Gasteiger partial charge in [-0.3, -0.25) is 4.79 Å². The predicted octanol–water partition coefficient (Wildman–Crippen LogP) is 4.90. The van der Waals surface area contributed by atoms with Crippen molar-refractivity contribution in [3.63, 3.8) is 0 Å². The van der Waals surface area contributed by atoms with E-state index in [0.717, 1.165) is 11.3 Å². The molecule has 4 rings (SSSR count). The van der Waals surface area contributed by atoms with Gasteiger partial charge in [-0.25, -0.2) is 9.37 Å². The first-order chi connectivity index (χ1) is 13.0. The molecule has 2 aromatic carbocycles. The average Bonchev–Trinajstić information content (AvgIpc) is 3.04. The third kappa shape index (κ3) is 3.17. The summed E-state index contributed by atoms with van der Waals surface area (Å²) in [6.45, 7) is 3.68. The van der Waals surface area contributed by atoms with Crippen molar-refractivity contribution in [3.05, 3.63) is 77.2 Å². The molecule has 0 aliphatic carbocycles. The molecule has 27 heavy (non-hydrogen) atoms. The van der Waals surface area contributed by atoms with Crippen LogP contribution in [0.15, 0.2) is 59.1 Å². The standard InChI is InChI=1S/C21H16FN3O2/c1-12-5-3-4-6-17(12)23-20(26)16-11-18(14-7-9-15(22)10-8-14)24-21-19(16)13(2)25-27-21/h3-11H,1-2H3,(H,23,26). The Labute approximate surface area is 154 Å². The van der Waals surface area contributed by atoms with Crippen molar-refractivity contribution in [3.8, 4) is 11.3 Å². The Morgan fingerprint density at radius 3 is 2.56 bits per heavy atom. The van der Waals surface area contributed by atoms with Crippen molar-refractivity contribution in [1.29, 1.82) is 0 Å². The highest BCUT2D eigenvalue weighted by atomic mass is 19.1. The van der Waals surface area contributed by atoms with Gasteiger partial charge in [0.1, 0.15) is 5.82 Å². The number of halogens is 1. The van der Waals surface area contributed by atoms with Gasteiger partial charge in [0.15, 0.2) is 0 Å². The summed E-state index contributed by atoms with van der Waals surface area (Å²) in [5.41, 5.74) is 4.12. The predicted molar refractivity (Wildman–Crippen MR) is 101 cm³/mol. The van der Waals surface area contributed by atoms with Gasteiger partial charge in [-0.15, -0.1) is 0 Å². The van der Waals surface area contributed by atoms with Gasteiger partial charge in [-0.05, 0) is 55.8 Å². The third-order valence-electron chi connectivity index (χ3n) is 4.39. The molecule has 0 radical (unpaired) electrons. The molecule has 5 nitrogen and oxygen atoms in total. The van der Waals surface area contributed by atoms with Crippen molar-refractivity contribution in [2.24, 2.45) is 0 Å². The fourth-order valence-corrected chi connectivity index (χ4v) is 2.95. The monoisotopic (exact) mass is 361 g/mol. The number of amides is 1. The highest BCUT2D eigenvalue weighted by molar-refractivity contribution is 6.13. The molecule has 1 amide bonds. The number of carbonyl (C=O) groups excluding carboxylic acids is 1. The zero-order valence-electron chi connectivity index (χ0n) is 14.8. The summed E-state index contributed by atoms with van der Waals surface area (Å²) in [5.74, 6) is -0.626. The summed E-state index contributed by atoms with van der Waals surface area (Å²) < 4.78 is 18.5. The van der Waals surface area contributed by atoms with Gasteiger partial charge in [0.25, 0.3) is 11.6 Å². The number of rotatable bonds is 3. The van der Waals surface area contributed by atoms with Crippen LogP contribution in [0.25, 0.3) is 22.4 Å². The number of hydrogen-bond acceptors (Lipinski definition) is 4. The molecule has 4 aromatic rings. The van der Waals surface area contributed by atoms with Crippen LogP contribution >= 0.6 is 0 Å². The molecule has 1 N–H and O–H groups in total. The quantitative estimate of drug-likeness (QED) is 0.564. The lowest BCUT2D eigenvalue weighted by Crippen LogP contribution is -2.14. The molecule has 0 saturated carbocycles. The number of benzene rings is 2. The van der Waals surface area contributed by atoms with E-state index in [1.54, 1.807) is 25.1 Å². The third-order valence-corrected chi connectivity index (χ3v) is 4.39. The molecule has 0 unspecified atom stereocenters. The summed E-state index contributed by atoms with van der Waals surface area (Å²) in [7, 11) is 0. The maximum absolute atomic E-state index is 13.2. The maximum atomic E-state index is 13.2. The second kappa shape index (κ2) is 6.64. The van der Waals surface area contributed by atoms with E-state index in [1.807, 2.05) is 31.2 Å². The lowest BCUT2D eigenvalue weighted by atomic mass is 10.0. The largest absolute Gasteiger partial charge is 0.335 e. The second-order valence-corrected chi connectivity index (χ2v) is 6.28. The number of nitrogens with one attached hydrogen (secondary N) is 1. The highest BCUT2D eigenvalue weighted by Crippen LogP contribution is 2.28. The Balaban J connectivity index is 1.83. The van der Waals surface area contributed by atoms with Crippen molar-refractivity contribution < 1.29 is 13.7 Å². The molecule has 0 bridgehead atoms. The molecule has 6 heteroatoms. The molecule has 134 valence electrons. The summed E-state index contributed by atoms with van der Waals surface area (Å²) >= 11 is 0. The maximum Gasteiger partial charge on any atom is 0.259 e. The fourth-order valence-electron chi connectivity index (χ4n) is 2.95. The average molecular weight is 361 g/mol. The lowest BCUT2D eigenvalue weighted by Gasteiger charge is -2.10. The first-order valence-corrected chi connectivity index (χ1v) is 8.43. The van der Waals surface area contributed by atoms with Crippen molar-refractivity contribution in [2.45, 2.75) is 13.8 Å². The topological polar surface area (TPSA) is 68.0 Å². The van der Waals surface area contributed by atoms with Crippen LogP contribution in [0.5, 0.6) is 0 Å². The van der Waals surface area contributed by atoms with Gasteiger partial charge >= 0.3 is 0 Å². The van der Waals surface area contributed by atoms with E-state index in [0.29, 0.717) is 27.9 Å². The van der Waals surface area contributed by atoms with Gasteiger partial charge < -0.3 is 9.84 Å². The Morgan fingerprint density at radius 2 is 1.81 bits per heavy atom. The fraction of sp³-hybridized carbons (Fsp3) is 0.0952. The van der Waals surface area contributed by atoms with Crippen LogP contribution in [0.2, 0.25) is 0 Å². The number of fused-ring (bicyclic) bond motifs is 1. The zero-order chi connectivity index (χ0) is 19.0. The first-order valence-electron chi connectivity index (χ1n) is 8.43. The minimum atomic E-state index is -0.340. The number of hydrogen-bond donors (Lipinski definition) is 1. The number of anilines is 1. The molecular weight excluding hydrogens is 345 g/mol. The Morgan fingerprint density at radius 1 is 1.07 bits per heavy atom.